The lowest BCUT2D eigenvalue weighted by Gasteiger charge is -2.16. The normalized spacial score (nSPS) is 12.9. The minimum absolute atomic E-state index is 0.197. The van der Waals surface area contributed by atoms with Crippen LogP contribution < -0.4 is 9.87 Å². The average molecular weight is 645 g/mol. The molecule has 2 aliphatic carbocycles. The summed E-state index contributed by atoms with van der Waals surface area (Å²) >= 11 is 0. The van der Waals surface area contributed by atoms with Gasteiger partial charge in [0.25, 0.3) is 0 Å². The van der Waals surface area contributed by atoms with Gasteiger partial charge in [-0.25, -0.2) is 28.7 Å². The quantitative estimate of drug-likeness (QED) is 0.222. The summed E-state index contributed by atoms with van der Waals surface area (Å²) in [5.41, 5.74) is 5.69. The number of H-pyrrole nitrogens is 1. The van der Waals surface area contributed by atoms with E-state index in [1.807, 2.05) is 0 Å². The van der Waals surface area contributed by atoms with Crippen molar-refractivity contribution < 1.29 is 36.1 Å². The maximum absolute atomic E-state index is 12.4. The molecule has 0 spiro atoms. The molecule has 0 bridgehead atoms. The van der Waals surface area contributed by atoms with Crippen LogP contribution >= 0.6 is 0 Å². The van der Waals surface area contributed by atoms with E-state index in [1.54, 1.807) is 38.8 Å². The lowest BCUT2D eigenvalue weighted by molar-refractivity contribution is 0.0508. The molecule has 0 saturated heterocycles. The van der Waals surface area contributed by atoms with Crippen molar-refractivity contribution in [2.45, 2.75) is 39.5 Å². The fraction of sp³-hybridized carbons (Fsp3) is 0.407. The molecule has 0 aliphatic heterocycles. The number of nitrogens with one attached hydrogen (secondary N) is 1. The molecule has 1 N–H and O–H groups in total. The van der Waals surface area contributed by atoms with Gasteiger partial charge in [-0.3, -0.25) is 9.36 Å². The standard InChI is InChI=1S/C14H15FN4O5S.C13H14N4O3/c1-3-23-13(20)11-9-5-4-8-6-16-14(24-25(21,22)7-15)17-10(8)12(9)19(2)18-11;1-3-20-12(18)10-8-5-4-7-6-14-13(19)15-9(7)11(8)17(2)16-10/h6H,3-5,7H2,1-2H3;6H,3-5H2,1-2H3,(H,14,15,19). The van der Waals surface area contributed by atoms with E-state index < -0.39 is 39.8 Å². The van der Waals surface area contributed by atoms with Gasteiger partial charge < -0.3 is 18.6 Å². The number of rotatable bonds is 7. The van der Waals surface area contributed by atoms with Gasteiger partial charge in [0.1, 0.15) is 0 Å². The Morgan fingerprint density at radius 1 is 0.889 bits per heavy atom. The first-order chi connectivity index (χ1) is 21.5. The summed E-state index contributed by atoms with van der Waals surface area (Å²) in [6, 6.07) is -2.17. The molecule has 18 heteroatoms. The Morgan fingerprint density at radius 2 is 1.44 bits per heavy atom. The SMILES string of the molecule is CCOC(=O)c1nn(C)c2c1CCc1cnc(=O)[nH]c1-2.CCOC(=O)c1nn(C)c2c1CCc1cnc(OS(=O)(=O)CF)nc1-2. The van der Waals surface area contributed by atoms with E-state index in [1.165, 1.54) is 10.9 Å². The van der Waals surface area contributed by atoms with Crippen molar-refractivity contribution in [2.75, 3.05) is 19.2 Å². The molecule has 0 amide bonds. The molecule has 2 aliphatic rings. The molecule has 4 aromatic rings. The zero-order valence-electron chi connectivity index (χ0n) is 24.8. The van der Waals surface area contributed by atoms with Crippen LogP contribution in [0.25, 0.3) is 22.8 Å². The van der Waals surface area contributed by atoms with E-state index in [2.05, 4.69) is 34.3 Å². The van der Waals surface area contributed by atoms with Crippen molar-refractivity contribution in [1.29, 1.82) is 0 Å². The number of hydrogen-bond acceptors (Lipinski definition) is 13. The van der Waals surface area contributed by atoms with Crippen molar-refractivity contribution in [3.05, 3.63) is 56.5 Å². The van der Waals surface area contributed by atoms with Crippen molar-refractivity contribution in [2.24, 2.45) is 14.1 Å². The van der Waals surface area contributed by atoms with Crippen molar-refractivity contribution in [3.8, 4) is 28.8 Å². The Balaban J connectivity index is 0.000000182. The predicted molar refractivity (Wildman–Crippen MR) is 154 cm³/mol. The zero-order valence-corrected chi connectivity index (χ0v) is 25.6. The van der Waals surface area contributed by atoms with E-state index in [0.29, 0.717) is 60.6 Å². The van der Waals surface area contributed by atoms with Crippen LogP contribution in [0.5, 0.6) is 6.01 Å². The van der Waals surface area contributed by atoms with E-state index in [0.717, 1.165) is 22.4 Å². The molecule has 0 fully saturated rings. The fourth-order valence-electron chi connectivity index (χ4n) is 5.24. The topological polar surface area (TPSA) is 203 Å². The zero-order chi connectivity index (χ0) is 32.5. The van der Waals surface area contributed by atoms with Gasteiger partial charge in [0.05, 0.1) is 36.0 Å². The van der Waals surface area contributed by atoms with Crippen LogP contribution in [-0.2, 0) is 59.4 Å². The molecule has 4 aromatic heterocycles. The minimum Gasteiger partial charge on any atom is -0.461 e. The number of halogens is 1. The first-order valence-corrected chi connectivity index (χ1v) is 15.4. The molecule has 0 atom stereocenters. The largest absolute Gasteiger partial charge is 0.461 e. The number of carbonyl (C=O) groups is 2. The number of ether oxygens (including phenoxy) is 2. The molecule has 45 heavy (non-hydrogen) atoms. The lowest BCUT2D eigenvalue weighted by atomic mass is 9.93. The highest BCUT2D eigenvalue weighted by atomic mass is 32.2. The molecule has 6 rings (SSSR count). The van der Waals surface area contributed by atoms with Crippen LogP contribution in [0.4, 0.5) is 4.39 Å². The summed E-state index contributed by atoms with van der Waals surface area (Å²) in [6.45, 7) is 3.99. The van der Waals surface area contributed by atoms with Gasteiger partial charge in [0.2, 0.25) is 6.01 Å². The smallest absolute Gasteiger partial charge is 0.359 e. The first kappa shape index (κ1) is 31.4. The van der Waals surface area contributed by atoms with Crippen LogP contribution in [0, 0.1) is 0 Å². The number of fused-ring (bicyclic) bond motifs is 6. The molecule has 0 aromatic carbocycles. The number of esters is 2. The second kappa shape index (κ2) is 12.5. The Labute approximate surface area is 255 Å². The Kier molecular flexibility index (Phi) is 8.76. The maximum Gasteiger partial charge on any atom is 0.359 e. The van der Waals surface area contributed by atoms with Gasteiger partial charge in [-0.2, -0.15) is 23.6 Å². The van der Waals surface area contributed by atoms with Gasteiger partial charge in [-0.1, -0.05) is 0 Å². The van der Waals surface area contributed by atoms with E-state index >= 15 is 0 Å². The molecule has 0 unspecified atom stereocenters. The highest BCUT2D eigenvalue weighted by molar-refractivity contribution is 7.86. The van der Waals surface area contributed by atoms with Gasteiger partial charge >= 0.3 is 33.8 Å². The van der Waals surface area contributed by atoms with Crippen LogP contribution in [0.2, 0.25) is 0 Å². The highest BCUT2D eigenvalue weighted by Crippen LogP contribution is 2.35. The van der Waals surface area contributed by atoms with Gasteiger partial charge in [-0.15, -0.1) is 0 Å². The van der Waals surface area contributed by atoms with E-state index in [9.17, 15) is 27.2 Å². The second-order valence-electron chi connectivity index (χ2n) is 9.90. The van der Waals surface area contributed by atoms with Crippen LogP contribution in [0.15, 0.2) is 17.2 Å². The molecular weight excluding hydrogens is 615 g/mol. The Hall–Kier alpha value is -5.00. The summed E-state index contributed by atoms with van der Waals surface area (Å²) in [5, 5.41) is 8.43. The van der Waals surface area contributed by atoms with Crippen molar-refractivity contribution in [3.63, 3.8) is 0 Å². The monoisotopic (exact) mass is 644 g/mol. The molecular formula is C27H29FN8O8S. The number of nitrogens with zero attached hydrogens (tertiary/aromatic N) is 7. The summed E-state index contributed by atoms with van der Waals surface area (Å²) in [5.74, 6) is -0.961. The summed E-state index contributed by atoms with van der Waals surface area (Å²) in [7, 11) is -1.01. The Bertz CT molecular complexity index is 1970. The summed E-state index contributed by atoms with van der Waals surface area (Å²) in [6.07, 6.45) is 5.47. The van der Waals surface area contributed by atoms with Crippen molar-refractivity contribution in [1.82, 2.24) is 39.5 Å². The molecule has 0 saturated carbocycles. The van der Waals surface area contributed by atoms with Gasteiger partial charge in [-0.05, 0) is 50.7 Å². The van der Waals surface area contributed by atoms with Crippen molar-refractivity contribution >= 4 is 22.1 Å². The van der Waals surface area contributed by atoms with Crippen LogP contribution in [0.3, 0.4) is 0 Å². The summed E-state index contributed by atoms with van der Waals surface area (Å²) in [4.78, 5) is 49.7. The number of aryl methyl sites for hydroxylation is 4. The van der Waals surface area contributed by atoms with Crippen LogP contribution in [-0.4, -0.2) is 79.1 Å². The van der Waals surface area contributed by atoms with E-state index in [-0.39, 0.29) is 12.3 Å². The molecule has 0 radical (unpaired) electrons. The number of hydrogen-bond donors (Lipinski definition) is 1. The predicted octanol–water partition coefficient (Wildman–Crippen LogP) is 1.23. The number of aromatic amines is 1. The molecule has 238 valence electrons. The van der Waals surface area contributed by atoms with Gasteiger partial charge in [0, 0.05) is 37.6 Å². The lowest BCUT2D eigenvalue weighted by Crippen LogP contribution is -2.17. The average Bonchev–Trinajstić information content (AvgIpc) is 3.54. The third kappa shape index (κ3) is 6.17. The summed E-state index contributed by atoms with van der Waals surface area (Å²) < 4.78 is 52.6. The van der Waals surface area contributed by atoms with Gasteiger partial charge in [0.15, 0.2) is 11.4 Å². The first-order valence-electron chi connectivity index (χ1n) is 13.9. The second-order valence-corrected chi connectivity index (χ2v) is 11.4. The number of alkyl halides is 1. The third-order valence-corrected chi connectivity index (χ3v) is 7.72. The molecule has 16 nitrogen and oxygen atoms in total. The Morgan fingerprint density at radius 3 is 2.04 bits per heavy atom. The van der Waals surface area contributed by atoms with E-state index in [4.69, 9.17) is 9.47 Å². The molecule has 4 heterocycles. The number of carbonyl (C=O) groups excluding carboxylic acids is 2. The fourth-order valence-corrected chi connectivity index (χ4v) is 5.59. The maximum atomic E-state index is 12.4. The number of aromatic nitrogens is 8. The third-order valence-electron chi connectivity index (χ3n) is 7.05. The van der Waals surface area contributed by atoms with Crippen LogP contribution in [0.1, 0.15) is 57.1 Å². The minimum atomic E-state index is -4.39. The highest BCUT2D eigenvalue weighted by Gasteiger charge is 2.31.